The first kappa shape index (κ1) is 16.5. The number of carboxylic acids is 1. The van der Waals surface area contributed by atoms with E-state index < -0.39 is 5.97 Å². The Morgan fingerprint density at radius 2 is 2.18 bits per heavy atom. The number of anilines is 2. The summed E-state index contributed by atoms with van der Waals surface area (Å²) in [7, 11) is 1.83. The summed E-state index contributed by atoms with van der Waals surface area (Å²) in [6.07, 6.45) is -0.132. The lowest BCUT2D eigenvalue weighted by Gasteiger charge is -2.19. The van der Waals surface area contributed by atoms with Crippen LogP contribution in [-0.2, 0) is 4.79 Å². The van der Waals surface area contributed by atoms with Crippen molar-refractivity contribution >= 4 is 45.0 Å². The van der Waals surface area contributed by atoms with Crippen LogP contribution in [0.3, 0.4) is 0 Å². The molecule has 0 spiro atoms. The molecule has 8 heteroatoms. The molecule has 22 heavy (non-hydrogen) atoms. The van der Waals surface area contributed by atoms with Gasteiger partial charge < -0.3 is 14.7 Å². The first-order valence-corrected chi connectivity index (χ1v) is 7.51. The summed E-state index contributed by atoms with van der Waals surface area (Å²) in [4.78, 5) is 20.5. The maximum absolute atomic E-state index is 10.5. The summed E-state index contributed by atoms with van der Waals surface area (Å²) in [6, 6.07) is 9.33. The van der Waals surface area contributed by atoms with Gasteiger partial charge in [0.1, 0.15) is 17.6 Å². The van der Waals surface area contributed by atoms with Crippen LogP contribution in [0.4, 0.5) is 11.5 Å². The molecule has 116 valence electrons. The Morgan fingerprint density at radius 1 is 1.41 bits per heavy atom. The standard InChI is InChI=1S/C14H13BrClN3O3/c1-19(10-4-2-3-9(15)7-10)12-8-11(16)17-14(18-12)22-6-5-13(20)21/h2-4,7-8H,5-6H2,1H3,(H,20,21). The van der Waals surface area contributed by atoms with Crippen LogP contribution in [0.2, 0.25) is 5.15 Å². The molecule has 0 saturated heterocycles. The number of hydrogen-bond donors (Lipinski definition) is 1. The van der Waals surface area contributed by atoms with Crippen LogP contribution in [-0.4, -0.2) is 34.7 Å². The van der Waals surface area contributed by atoms with Gasteiger partial charge in [0.2, 0.25) is 0 Å². The molecule has 0 aliphatic heterocycles. The number of hydrogen-bond acceptors (Lipinski definition) is 5. The number of benzene rings is 1. The summed E-state index contributed by atoms with van der Waals surface area (Å²) in [5, 5.41) is 8.82. The Labute approximate surface area is 140 Å². The zero-order valence-corrected chi connectivity index (χ0v) is 14.0. The lowest BCUT2D eigenvalue weighted by molar-refractivity contribution is -0.137. The molecular formula is C14H13BrClN3O3. The van der Waals surface area contributed by atoms with Crippen LogP contribution >= 0.6 is 27.5 Å². The van der Waals surface area contributed by atoms with Crippen molar-refractivity contribution in [2.75, 3.05) is 18.6 Å². The third-order valence-corrected chi connectivity index (χ3v) is 3.43. The fourth-order valence-electron chi connectivity index (χ4n) is 1.67. The minimum absolute atomic E-state index is 0.0181. The van der Waals surface area contributed by atoms with E-state index in [-0.39, 0.29) is 24.2 Å². The first-order valence-electron chi connectivity index (χ1n) is 6.34. The number of ether oxygens (including phenoxy) is 1. The number of halogens is 2. The molecule has 0 saturated carbocycles. The predicted molar refractivity (Wildman–Crippen MR) is 87.0 cm³/mol. The SMILES string of the molecule is CN(c1cccc(Br)c1)c1cc(Cl)nc(OCCC(=O)O)n1. The highest BCUT2D eigenvalue weighted by molar-refractivity contribution is 9.10. The van der Waals surface area contributed by atoms with E-state index in [9.17, 15) is 4.79 Å². The van der Waals surface area contributed by atoms with E-state index in [0.29, 0.717) is 5.82 Å². The van der Waals surface area contributed by atoms with Gasteiger partial charge in [-0.1, -0.05) is 33.6 Å². The number of rotatable bonds is 6. The molecule has 2 aromatic rings. The van der Waals surface area contributed by atoms with Crippen molar-refractivity contribution in [2.45, 2.75) is 6.42 Å². The summed E-state index contributed by atoms with van der Waals surface area (Å²) < 4.78 is 6.16. The van der Waals surface area contributed by atoms with Crippen molar-refractivity contribution in [2.24, 2.45) is 0 Å². The summed E-state index contributed by atoms with van der Waals surface area (Å²) in [5.41, 5.74) is 0.903. The Balaban J connectivity index is 2.19. The predicted octanol–water partition coefficient (Wildman–Crippen LogP) is 3.51. The zero-order chi connectivity index (χ0) is 16.1. The fraction of sp³-hybridized carbons (Fsp3) is 0.214. The Kier molecular flexibility index (Phi) is 5.57. The lowest BCUT2D eigenvalue weighted by atomic mass is 10.3. The molecule has 1 N–H and O–H groups in total. The average molecular weight is 387 g/mol. The quantitative estimate of drug-likeness (QED) is 0.766. The lowest BCUT2D eigenvalue weighted by Crippen LogP contribution is -2.13. The molecule has 1 heterocycles. The topological polar surface area (TPSA) is 75.6 Å². The monoisotopic (exact) mass is 385 g/mol. The van der Waals surface area contributed by atoms with Crippen molar-refractivity contribution in [3.63, 3.8) is 0 Å². The highest BCUT2D eigenvalue weighted by Crippen LogP contribution is 2.27. The van der Waals surface area contributed by atoms with E-state index in [4.69, 9.17) is 21.4 Å². The summed E-state index contributed by atoms with van der Waals surface area (Å²) in [6.45, 7) is -0.0181. The molecule has 1 aromatic heterocycles. The smallest absolute Gasteiger partial charge is 0.319 e. The second-order valence-corrected chi connectivity index (χ2v) is 5.67. The van der Waals surface area contributed by atoms with Gasteiger partial charge in [-0.05, 0) is 18.2 Å². The van der Waals surface area contributed by atoms with E-state index >= 15 is 0 Å². The molecule has 0 radical (unpaired) electrons. The average Bonchev–Trinajstić information content (AvgIpc) is 2.45. The van der Waals surface area contributed by atoms with Gasteiger partial charge in [0.25, 0.3) is 0 Å². The molecule has 0 aliphatic rings. The number of carboxylic acid groups (broad SMARTS) is 1. The number of carbonyl (C=O) groups is 1. The van der Waals surface area contributed by atoms with Gasteiger partial charge in [0.05, 0.1) is 6.42 Å². The minimum atomic E-state index is -0.950. The van der Waals surface area contributed by atoms with Crippen molar-refractivity contribution in [1.82, 2.24) is 9.97 Å². The van der Waals surface area contributed by atoms with Gasteiger partial charge in [-0.2, -0.15) is 9.97 Å². The van der Waals surface area contributed by atoms with E-state index in [0.717, 1.165) is 10.2 Å². The zero-order valence-electron chi connectivity index (χ0n) is 11.7. The summed E-state index contributed by atoms with van der Waals surface area (Å²) in [5.74, 6) is -0.406. The molecule has 0 bridgehead atoms. The highest BCUT2D eigenvalue weighted by atomic mass is 79.9. The van der Waals surface area contributed by atoms with Crippen LogP contribution in [0.5, 0.6) is 6.01 Å². The van der Waals surface area contributed by atoms with E-state index in [1.807, 2.05) is 36.2 Å². The van der Waals surface area contributed by atoms with Crippen molar-refractivity contribution in [3.8, 4) is 6.01 Å². The van der Waals surface area contributed by atoms with E-state index in [1.165, 1.54) is 0 Å². The maximum atomic E-state index is 10.5. The van der Waals surface area contributed by atoms with Gasteiger partial charge in [0, 0.05) is 23.3 Å². The number of aromatic nitrogens is 2. The third-order valence-electron chi connectivity index (χ3n) is 2.75. The van der Waals surface area contributed by atoms with Gasteiger partial charge in [-0.15, -0.1) is 0 Å². The van der Waals surface area contributed by atoms with Crippen molar-refractivity contribution in [3.05, 3.63) is 40.0 Å². The Morgan fingerprint density at radius 3 is 2.86 bits per heavy atom. The fourth-order valence-corrected chi connectivity index (χ4v) is 2.23. The van der Waals surface area contributed by atoms with Crippen molar-refractivity contribution in [1.29, 1.82) is 0 Å². The number of aliphatic carboxylic acids is 1. The summed E-state index contributed by atoms with van der Waals surface area (Å²) >= 11 is 9.38. The highest BCUT2D eigenvalue weighted by Gasteiger charge is 2.11. The van der Waals surface area contributed by atoms with Gasteiger partial charge >= 0.3 is 12.0 Å². The van der Waals surface area contributed by atoms with Crippen LogP contribution in [0.15, 0.2) is 34.8 Å². The normalized spacial score (nSPS) is 10.3. The Hall–Kier alpha value is -1.86. The third kappa shape index (κ3) is 4.57. The molecule has 0 atom stereocenters. The molecule has 1 aromatic carbocycles. The van der Waals surface area contributed by atoms with Crippen LogP contribution in [0, 0.1) is 0 Å². The van der Waals surface area contributed by atoms with Crippen LogP contribution in [0.1, 0.15) is 6.42 Å². The molecule has 0 unspecified atom stereocenters. The Bertz CT molecular complexity index is 684. The molecular weight excluding hydrogens is 374 g/mol. The molecule has 6 nitrogen and oxygen atoms in total. The van der Waals surface area contributed by atoms with Gasteiger partial charge in [-0.25, -0.2) is 0 Å². The molecule has 0 amide bonds. The second kappa shape index (κ2) is 7.42. The first-order chi connectivity index (χ1) is 10.5. The van der Waals surface area contributed by atoms with Crippen LogP contribution in [0.25, 0.3) is 0 Å². The van der Waals surface area contributed by atoms with Gasteiger partial charge in [-0.3, -0.25) is 4.79 Å². The van der Waals surface area contributed by atoms with Gasteiger partial charge in [0.15, 0.2) is 0 Å². The largest absolute Gasteiger partial charge is 0.481 e. The second-order valence-electron chi connectivity index (χ2n) is 4.36. The molecule has 0 fully saturated rings. The van der Waals surface area contributed by atoms with E-state index in [1.54, 1.807) is 6.07 Å². The maximum Gasteiger partial charge on any atom is 0.319 e. The number of nitrogens with zero attached hydrogens (tertiary/aromatic N) is 3. The van der Waals surface area contributed by atoms with Crippen LogP contribution < -0.4 is 9.64 Å². The molecule has 2 rings (SSSR count). The van der Waals surface area contributed by atoms with Crippen molar-refractivity contribution < 1.29 is 14.6 Å². The molecule has 0 aliphatic carbocycles. The van der Waals surface area contributed by atoms with E-state index in [2.05, 4.69) is 25.9 Å². The minimum Gasteiger partial charge on any atom is -0.481 e.